The van der Waals surface area contributed by atoms with Gasteiger partial charge < -0.3 is 20.0 Å². The first kappa shape index (κ1) is 28.3. The van der Waals surface area contributed by atoms with Gasteiger partial charge in [-0.1, -0.05) is 73.7 Å². The zero-order valence-electron chi connectivity index (χ0n) is 24.1. The molecule has 4 aromatic carbocycles. The third-order valence-corrected chi connectivity index (χ3v) is 8.51. The SMILES string of the molecule is C[C@H](/C=C/CC(=O)N(CCO)Cc1ccccc1)[C@@]1(O)C(=O)N(C)c2ccc(N3C(=O)c4cccc5cccc3c45)cc21. The van der Waals surface area contributed by atoms with Gasteiger partial charge in [-0.15, -0.1) is 0 Å². The molecule has 8 heteroatoms. The number of aliphatic hydroxyl groups excluding tert-OH is 1. The summed E-state index contributed by atoms with van der Waals surface area (Å²) in [7, 11) is 1.62. The Hall–Kier alpha value is -4.79. The van der Waals surface area contributed by atoms with Gasteiger partial charge in [0, 0.05) is 49.1 Å². The topological polar surface area (TPSA) is 101 Å². The molecule has 0 unspecified atom stereocenters. The summed E-state index contributed by atoms with van der Waals surface area (Å²) in [6.07, 6.45) is 3.40. The molecule has 43 heavy (non-hydrogen) atoms. The van der Waals surface area contributed by atoms with E-state index in [1.54, 1.807) is 54.1 Å². The highest BCUT2D eigenvalue weighted by atomic mass is 16.3. The van der Waals surface area contributed by atoms with Crippen molar-refractivity contribution in [2.45, 2.75) is 25.5 Å². The lowest BCUT2D eigenvalue weighted by Crippen LogP contribution is -2.43. The van der Waals surface area contributed by atoms with E-state index < -0.39 is 17.4 Å². The largest absolute Gasteiger partial charge is 0.395 e. The second kappa shape index (κ2) is 11.1. The molecule has 2 aliphatic heterocycles. The minimum atomic E-state index is -1.89. The molecular formula is C35H33N3O5. The van der Waals surface area contributed by atoms with Crippen molar-refractivity contribution in [2.24, 2.45) is 5.92 Å². The first-order valence-electron chi connectivity index (χ1n) is 14.4. The van der Waals surface area contributed by atoms with Crippen LogP contribution in [0.15, 0.2) is 97.1 Å². The minimum absolute atomic E-state index is 0.0503. The standard InChI is InChI=1S/C35H33N3O5/c1-23(9-6-16-31(40)37(19-20-39)22-24-10-4-3-5-11-24)35(43)28-21-26(17-18-29(28)36(2)34(35)42)38-30-15-8-13-25-12-7-14-27(32(25)30)33(38)41/h3-15,17-18,21,23,39,43H,16,19-20,22H2,1-2H3/b9-6+/t23-,35+/m1/s1. The van der Waals surface area contributed by atoms with Crippen LogP contribution in [0.25, 0.3) is 10.8 Å². The van der Waals surface area contributed by atoms with Gasteiger partial charge in [-0.05, 0) is 41.3 Å². The first-order chi connectivity index (χ1) is 20.8. The van der Waals surface area contributed by atoms with Crippen molar-refractivity contribution in [3.05, 3.63) is 114 Å². The zero-order valence-corrected chi connectivity index (χ0v) is 24.1. The van der Waals surface area contributed by atoms with E-state index in [-0.39, 0.29) is 31.4 Å². The molecule has 0 saturated heterocycles. The Morgan fingerprint density at radius 1 is 0.977 bits per heavy atom. The lowest BCUT2D eigenvalue weighted by Gasteiger charge is -2.28. The van der Waals surface area contributed by atoms with E-state index in [0.717, 1.165) is 22.0 Å². The first-order valence-corrected chi connectivity index (χ1v) is 14.4. The molecule has 4 aromatic rings. The van der Waals surface area contributed by atoms with E-state index in [0.29, 0.717) is 29.0 Å². The smallest absolute Gasteiger partial charge is 0.264 e. The van der Waals surface area contributed by atoms with Crippen molar-refractivity contribution < 1.29 is 24.6 Å². The van der Waals surface area contributed by atoms with Crippen LogP contribution in [-0.4, -0.2) is 53.0 Å². The Labute approximate surface area is 250 Å². The Kier molecular flexibility index (Phi) is 7.33. The fraction of sp³-hybridized carbons (Fsp3) is 0.229. The molecule has 2 atom stereocenters. The van der Waals surface area contributed by atoms with E-state index in [4.69, 9.17) is 0 Å². The molecule has 0 bridgehead atoms. The summed E-state index contributed by atoms with van der Waals surface area (Å²) in [5, 5.41) is 23.3. The number of rotatable bonds is 9. The number of hydrogen-bond donors (Lipinski definition) is 2. The number of anilines is 3. The normalized spacial score (nSPS) is 18.1. The number of likely N-dealkylation sites (N-methyl/N-ethyl adjacent to an activating group) is 1. The van der Waals surface area contributed by atoms with Gasteiger partial charge in [0.15, 0.2) is 5.60 Å². The average molecular weight is 576 g/mol. The monoisotopic (exact) mass is 575 g/mol. The molecule has 6 rings (SSSR count). The number of fused-ring (bicyclic) bond motifs is 1. The van der Waals surface area contributed by atoms with Crippen LogP contribution >= 0.6 is 0 Å². The molecule has 0 aliphatic carbocycles. The zero-order chi connectivity index (χ0) is 30.3. The van der Waals surface area contributed by atoms with Crippen LogP contribution in [0.5, 0.6) is 0 Å². The molecule has 0 radical (unpaired) electrons. The summed E-state index contributed by atoms with van der Waals surface area (Å²) in [6, 6.07) is 26.2. The van der Waals surface area contributed by atoms with Gasteiger partial charge in [-0.25, -0.2) is 0 Å². The lowest BCUT2D eigenvalue weighted by atomic mass is 9.82. The fourth-order valence-electron chi connectivity index (χ4n) is 6.21. The molecule has 0 fully saturated rings. The van der Waals surface area contributed by atoms with Gasteiger partial charge in [-0.3, -0.25) is 19.3 Å². The number of benzene rings is 4. The van der Waals surface area contributed by atoms with Gasteiger partial charge >= 0.3 is 0 Å². The highest BCUT2D eigenvalue weighted by molar-refractivity contribution is 6.28. The molecule has 3 amide bonds. The summed E-state index contributed by atoms with van der Waals surface area (Å²) in [4.78, 5) is 44.7. The van der Waals surface area contributed by atoms with Crippen molar-refractivity contribution in [3.8, 4) is 0 Å². The predicted octanol–water partition coefficient (Wildman–Crippen LogP) is 4.90. The summed E-state index contributed by atoms with van der Waals surface area (Å²) in [5.41, 5.74) is 1.96. The van der Waals surface area contributed by atoms with Crippen LogP contribution in [0, 0.1) is 5.92 Å². The molecular weight excluding hydrogens is 542 g/mol. The summed E-state index contributed by atoms with van der Waals surface area (Å²) in [6.45, 7) is 2.16. The van der Waals surface area contributed by atoms with Crippen molar-refractivity contribution in [3.63, 3.8) is 0 Å². The minimum Gasteiger partial charge on any atom is -0.395 e. The van der Waals surface area contributed by atoms with Crippen LogP contribution < -0.4 is 9.80 Å². The number of carbonyl (C=O) groups is 3. The molecule has 2 N–H and O–H groups in total. The third-order valence-electron chi connectivity index (χ3n) is 8.51. The highest BCUT2D eigenvalue weighted by Gasteiger charge is 2.52. The Morgan fingerprint density at radius 2 is 1.72 bits per heavy atom. The molecule has 2 heterocycles. The molecule has 0 spiro atoms. The van der Waals surface area contributed by atoms with E-state index in [1.165, 1.54) is 4.90 Å². The summed E-state index contributed by atoms with van der Waals surface area (Å²) in [5.74, 6) is -1.50. The van der Waals surface area contributed by atoms with E-state index in [2.05, 4.69) is 0 Å². The maximum Gasteiger partial charge on any atom is 0.264 e. The number of aliphatic hydroxyl groups is 2. The second-order valence-corrected chi connectivity index (χ2v) is 11.1. The average Bonchev–Trinajstić information content (AvgIpc) is 3.42. The molecule has 218 valence electrons. The van der Waals surface area contributed by atoms with Crippen LogP contribution in [0.3, 0.4) is 0 Å². The van der Waals surface area contributed by atoms with Crippen LogP contribution in [0.1, 0.15) is 34.8 Å². The molecule has 0 aromatic heterocycles. The van der Waals surface area contributed by atoms with Crippen molar-refractivity contribution >= 4 is 45.6 Å². The number of carbonyl (C=O) groups excluding carboxylic acids is 3. The number of hydrogen-bond acceptors (Lipinski definition) is 5. The van der Waals surface area contributed by atoms with Crippen molar-refractivity contribution in [1.29, 1.82) is 0 Å². The highest BCUT2D eigenvalue weighted by Crippen LogP contribution is 2.48. The summed E-state index contributed by atoms with van der Waals surface area (Å²) < 4.78 is 0. The van der Waals surface area contributed by atoms with E-state index >= 15 is 0 Å². The molecule has 0 saturated carbocycles. The Bertz CT molecular complexity index is 1760. The van der Waals surface area contributed by atoms with Gasteiger partial charge in [0.2, 0.25) is 5.91 Å². The second-order valence-electron chi connectivity index (χ2n) is 11.1. The van der Waals surface area contributed by atoms with Crippen molar-refractivity contribution in [2.75, 3.05) is 30.0 Å². The van der Waals surface area contributed by atoms with Gasteiger partial charge in [0.1, 0.15) is 0 Å². The van der Waals surface area contributed by atoms with Crippen molar-refractivity contribution in [1.82, 2.24) is 4.90 Å². The van der Waals surface area contributed by atoms with Gasteiger partial charge in [0.05, 0.1) is 23.5 Å². The van der Waals surface area contributed by atoms with Gasteiger partial charge in [0.25, 0.3) is 11.8 Å². The predicted molar refractivity (Wildman–Crippen MR) is 166 cm³/mol. The van der Waals surface area contributed by atoms with E-state index in [9.17, 15) is 24.6 Å². The van der Waals surface area contributed by atoms with E-state index in [1.807, 2.05) is 66.7 Å². The van der Waals surface area contributed by atoms with Crippen LogP contribution in [-0.2, 0) is 21.7 Å². The maximum atomic E-state index is 13.5. The third kappa shape index (κ3) is 4.69. The molecule has 8 nitrogen and oxygen atoms in total. The lowest BCUT2D eigenvalue weighted by molar-refractivity contribution is -0.139. The van der Waals surface area contributed by atoms with Gasteiger partial charge in [-0.2, -0.15) is 0 Å². The molecule has 2 aliphatic rings. The fourth-order valence-corrected chi connectivity index (χ4v) is 6.21. The number of amides is 3. The van der Waals surface area contributed by atoms with Crippen LogP contribution in [0.2, 0.25) is 0 Å². The van der Waals surface area contributed by atoms with Crippen LogP contribution in [0.4, 0.5) is 17.1 Å². The number of nitrogens with zero attached hydrogens (tertiary/aromatic N) is 3. The Balaban J connectivity index is 1.26. The maximum absolute atomic E-state index is 13.5. The Morgan fingerprint density at radius 3 is 2.47 bits per heavy atom. The quantitative estimate of drug-likeness (QED) is 0.277. The summed E-state index contributed by atoms with van der Waals surface area (Å²) >= 11 is 0.